The third-order valence-corrected chi connectivity index (χ3v) is 3.02. The van der Waals surface area contributed by atoms with E-state index >= 15 is 0 Å². The highest BCUT2D eigenvalue weighted by molar-refractivity contribution is 6.34. The van der Waals surface area contributed by atoms with Gasteiger partial charge in [-0.2, -0.15) is 0 Å². The average Bonchev–Trinajstić information content (AvgIpc) is 2.48. The van der Waals surface area contributed by atoms with Gasteiger partial charge in [-0.05, 0) is 36.8 Å². The lowest BCUT2D eigenvalue weighted by atomic mass is 10.1. The van der Waals surface area contributed by atoms with Crippen molar-refractivity contribution in [1.82, 2.24) is 4.98 Å². The van der Waals surface area contributed by atoms with Crippen molar-refractivity contribution < 1.29 is 4.79 Å². The minimum Gasteiger partial charge on any atom is -0.321 e. The molecule has 0 spiro atoms. The molecule has 0 saturated carbocycles. The number of pyridine rings is 1. The van der Waals surface area contributed by atoms with Crippen LogP contribution >= 0.6 is 11.6 Å². The maximum Gasteiger partial charge on any atom is 0.257 e. The molecule has 0 unspecified atom stereocenters. The smallest absolute Gasteiger partial charge is 0.257 e. The number of aryl methyl sites for hydroxylation is 1. The molecule has 1 aromatic carbocycles. The van der Waals surface area contributed by atoms with Gasteiger partial charge in [-0.3, -0.25) is 9.78 Å². The van der Waals surface area contributed by atoms with E-state index in [0.717, 1.165) is 11.1 Å². The van der Waals surface area contributed by atoms with Gasteiger partial charge in [-0.15, -0.1) is 0 Å². The van der Waals surface area contributed by atoms with Crippen molar-refractivity contribution in [1.29, 1.82) is 0 Å². The van der Waals surface area contributed by atoms with E-state index in [2.05, 4.69) is 22.1 Å². The van der Waals surface area contributed by atoms with Gasteiger partial charge in [0.05, 0.1) is 22.8 Å². The number of amides is 1. The predicted octanol–water partition coefficient (Wildman–Crippen LogP) is 2.61. The van der Waals surface area contributed by atoms with Crippen molar-refractivity contribution in [2.45, 2.75) is 6.92 Å². The molecular weight excluding hydrogens is 286 g/mol. The fraction of sp³-hybridized carbons (Fsp3) is 0.125. The summed E-state index contributed by atoms with van der Waals surface area (Å²) in [7, 11) is 0. The van der Waals surface area contributed by atoms with Gasteiger partial charge in [-0.25, -0.2) is 0 Å². The maximum absolute atomic E-state index is 12.2. The highest BCUT2D eigenvalue weighted by Crippen LogP contribution is 2.23. The summed E-state index contributed by atoms with van der Waals surface area (Å²) in [5, 5.41) is 3.21. The predicted molar refractivity (Wildman–Crippen MR) is 84.3 cm³/mol. The summed E-state index contributed by atoms with van der Waals surface area (Å²) in [5.74, 6) is 5.39. The zero-order valence-electron chi connectivity index (χ0n) is 11.5. The van der Waals surface area contributed by atoms with Gasteiger partial charge in [0.2, 0.25) is 0 Å². The van der Waals surface area contributed by atoms with Crippen LogP contribution in [0.1, 0.15) is 21.5 Å². The number of rotatable bonds is 2. The van der Waals surface area contributed by atoms with Crippen molar-refractivity contribution in [3.8, 4) is 11.8 Å². The average molecular weight is 300 g/mol. The minimum absolute atomic E-state index is 0.267. The minimum atomic E-state index is -0.267. The Kier molecular flexibility index (Phi) is 4.94. The van der Waals surface area contributed by atoms with Gasteiger partial charge in [0, 0.05) is 18.0 Å². The lowest BCUT2D eigenvalue weighted by Gasteiger charge is -2.08. The van der Waals surface area contributed by atoms with E-state index in [1.807, 2.05) is 6.92 Å². The molecule has 0 aliphatic carbocycles. The van der Waals surface area contributed by atoms with Crippen LogP contribution in [-0.4, -0.2) is 17.4 Å². The number of nitrogens with zero attached hydrogens (tertiary/aromatic N) is 1. The number of aromatic nitrogens is 1. The quantitative estimate of drug-likeness (QED) is 0.838. The van der Waals surface area contributed by atoms with Crippen LogP contribution in [-0.2, 0) is 0 Å². The topological polar surface area (TPSA) is 68.0 Å². The molecule has 5 heteroatoms. The molecule has 0 saturated heterocycles. The second-order valence-electron chi connectivity index (χ2n) is 4.41. The van der Waals surface area contributed by atoms with Crippen LogP contribution in [0.15, 0.2) is 36.7 Å². The molecule has 1 amide bonds. The summed E-state index contributed by atoms with van der Waals surface area (Å²) < 4.78 is 0. The second kappa shape index (κ2) is 6.89. The molecule has 0 fully saturated rings. The van der Waals surface area contributed by atoms with E-state index in [1.165, 1.54) is 6.20 Å². The van der Waals surface area contributed by atoms with Gasteiger partial charge < -0.3 is 11.1 Å². The Bertz CT molecular complexity index is 732. The Balaban J connectivity index is 2.24. The van der Waals surface area contributed by atoms with E-state index in [9.17, 15) is 4.79 Å². The molecule has 0 bridgehead atoms. The van der Waals surface area contributed by atoms with Crippen LogP contribution in [0.5, 0.6) is 0 Å². The first-order valence-corrected chi connectivity index (χ1v) is 6.69. The fourth-order valence-corrected chi connectivity index (χ4v) is 1.89. The lowest BCUT2D eigenvalue weighted by Crippen LogP contribution is -2.12. The van der Waals surface area contributed by atoms with Crippen LogP contribution in [0.3, 0.4) is 0 Å². The van der Waals surface area contributed by atoms with E-state index < -0.39 is 0 Å². The summed E-state index contributed by atoms with van der Waals surface area (Å²) in [6, 6.07) is 6.93. The Morgan fingerprint density at radius 1 is 1.38 bits per heavy atom. The number of nitrogens with one attached hydrogen (secondary N) is 1. The standard InChI is InChI=1S/C16H14ClN3O/c1-11-7-13(10-19-9-11)16(21)20-15-8-12(3-2-6-18)4-5-14(15)17/h4-5,7-10H,6,18H2,1H3,(H,20,21). The molecule has 3 N–H and O–H groups in total. The summed E-state index contributed by atoms with van der Waals surface area (Å²) in [5.41, 5.74) is 7.97. The van der Waals surface area contributed by atoms with Crippen LogP contribution in [0, 0.1) is 18.8 Å². The number of anilines is 1. The highest BCUT2D eigenvalue weighted by Gasteiger charge is 2.09. The third-order valence-electron chi connectivity index (χ3n) is 2.69. The van der Waals surface area contributed by atoms with Crippen molar-refractivity contribution in [2.24, 2.45) is 5.73 Å². The maximum atomic E-state index is 12.2. The molecule has 2 aromatic rings. The van der Waals surface area contributed by atoms with E-state index in [1.54, 1.807) is 30.5 Å². The number of benzene rings is 1. The van der Waals surface area contributed by atoms with Crippen molar-refractivity contribution >= 4 is 23.2 Å². The van der Waals surface area contributed by atoms with Gasteiger partial charge in [-0.1, -0.05) is 23.4 Å². The molecule has 1 aromatic heterocycles. The van der Waals surface area contributed by atoms with Gasteiger partial charge in [0.15, 0.2) is 0 Å². The van der Waals surface area contributed by atoms with Crippen molar-refractivity contribution in [3.05, 3.63) is 58.4 Å². The van der Waals surface area contributed by atoms with Crippen molar-refractivity contribution in [2.75, 3.05) is 11.9 Å². The van der Waals surface area contributed by atoms with Crippen LogP contribution in [0.25, 0.3) is 0 Å². The zero-order valence-corrected chi connectivity index (χ0v) is 12.2. The van der Waals surface area contributed by atoms with Gasteiger partial charge in [0.25, 0.3) is 5.91 Å². The van der Waals surface area contributed by atoms with Crippen LogP contribution < -0.4 is 11.1 Å². The summed E-state index contributed by atoms with van der Waals surface area (Å²) in [4.78, 5) is 16.2. The molecule has 106 valence electrons. The Morgan fingerprint density at radius 2 is 2.19 bits per heavy atom. The number of halogens is 1. The Morgan fingerprint density at radius 3 is 2.90 bits per heavy atom. The summed E-state index contributed by atoms with van der Waals surface area (Å²) in [6.45, 7) is 2.15. The zero-order chi connectivity index (χ0) is 15.2. The van der Waals surface area contributed by atoms with Gasteiger partial charge in [0.1, 0.15) is 0 Å². The van der Waals surface area contributed by atoms with Crippen LogP contribution in [0.4, 0.5) is 5.69 Å². The van der Waals surface area contributed by atoms with E-state index in [4.69, 9.17) is 17.3 Å². The molecule has 2 rings (SSSR count). The van der Waals surface area contributed by atoms with Crippen molar-refractivity contribution in [3.63, 3.8) is 0 Å². The third kappa shape index (κ3) is 4.06. The SMILES string of the molecule is Cc1cncc(C(=O)Nc2cc(C#CCN)ccc2Cl)c1. The van der Waals surface area contributed by atoms with E-state index in [0.29, 0.717) is 16.3 Å². The monoisotopic (exact) mass is 299 g/mol. The van der Waals surface area contributed by atoms with Crippen LogP contribution in [0.2, 0.25) is 5.02 Å². The fourth-order valence-electron chi connectivity index (χ4n) is 1.73. The second-order valence-corrected chi connectivity index (χ2v) is 4.81. The molecule has 1 heterocycles. The highest BCUT2D eigenvalue weighted by atomic mass is 35.5. The first-order chi connectivity index (χ1) is 10.1. The molecule has 4 nitrogen and oxygen atoms in total. The largest absolute Gasteiger partial charge is 0.321 e. The van der Waals surface area contributed by atoms with Gasteiger partial charge >= 0.3 is 0 Å². The molecule has 0 aliphatic rings. The molecule has 21 heavy (non-hydrogen) atoms. The molecular formula is C16H14ClN3O. The number of carbonyl (C=O) groups is 1. The Hall–Kier alpha value is -2.35. The number of hydrogen-bond acceptors (Lipinski definition) is 3. The Labute approximate surface area is 128 Å². The number of carbonyl (C=O) groups excluding carboxylic acids is 1. The molecule has 0 atom stereocenters. The summed E-state index contributed by atoms with van der Waals surface area (Å²) in [6.07, 6.45) is 3.20. The first kappa shape index (κ1) is 15.0. The molecule has 0 aliphatic heterocycles. The number of hydrogen-bond donors (Lipinski definition) is 2. The normalized spacial score (nSPS) is 9.67. The lowest BCUT2D eigenvalue weighted by molar-refractivity contribution is 0.102. The number of nitrogens with two attached hydrogens (primary N) is 1. The molecule has 0 radical (unpaired) electrons. The summed E-state index contributed by atoms with van der Waals surface area (Å²) >= 11 is 6.09. The van der Waals surface area contributed by atoms with E-state index in [-0.39, 0.29) is 12.5 Å². The first-order valence-electron chi connectivity index (χ1n) is 6.31.